The molecule has 0 fully saturated rings. The average molecular weight is 317 g/mol. The number of aliphatic carboxylic acids is 1. The molecule has 0 spiro atoms. The summed E-state index contributed by atoms with van der Waals surface area (Å²) in [4.78, 5) is 23.3. The van der Waals surface area contributed by atoms with Crippen LogP contribution in [0.1, 0.15) is 33.9 Å². The second-order valence-electron chi connectivity index (χ2n) is 5.00. The van der Waals surface area contributed by atoms with Gasteiger partial charge in [-0.15, -0.1) is 0 Å². The van der Waals surface area contributed by atoms with Gasteiger partial charge in [-0.2, -0.15) is 0 Å². The summed E-state index contributed by atoms with van der Waals surface area (Å²) < 4.78 is 27.5. The first kappa shape index (κ1) is 17.2. The van der Waals surface area contributed by atoms with Crippen LogP contribution in [-0.2, 0) is 14.6 Å². The molecule has 118 valence electrons. The molecule has 0 aliphatic carbocycles. The Bertz CT molecular complexity index is 658. The number of aryl methyl sites for hydroxylation is 2. The molecule has 2 N–H and O–H groups in total. The monoisotopic (exact) mass is 317 g/mol. The van der Waals surface area contributed by atoms with E-state index in [2.05, 4.69) is 5.32 Å². The summed E-state index contributed by atoms with van der Waals surface area (Å²) in [5, 5.41) is 11.4. The Labute approximate surface area is 123 Å². The molecule has 21 heavy (non-hydrogen) atoms. The molecule has 0 aliphatic heterocycles. The zero-order valence-electron chi connectivity index (χ0n) is 12.4. The molecule has 1 rings (SSSR count). The van der Waals surface area contributed by atoms with Gasteiger partial charge < -0.3 is 14.8 Å². The van der Waals surface area contributed by atoms with Gasteiger partial charge in [0.15, 0.2) is 0 Å². The first-order chi connectivity index (χ1) is 9.53. The standard InChI is InChI=1S/C13H19NO6S/c1-7-8(2)20-9(3)11(7)12(15)14-10(13(16)17)5-6-21(4,18)19/h10H,5-6H2,1-4H3,(H,14,15)(H,16,17). The van der Waals surface area contributed by atoms with E-state index in [-0.39, 0.29) is 17.7 Å². The van der Waals surface area contributed by atoms with Crippen molar-refractivity contribution in [2.45, 2.75) is 33.2 Å². The number of hydrogen-bond donors (Lipinski definition) is 2. The molecule has 1 heterocycles. The molecule has 0 saturated carbocycles. The number of amides is 1. The zero-order chi connectivity index (χ0) is 16.4. The lowest BCUT2D eigenvalue weighted by atomic mass is 10.1. The van der Waals surface area contributed by atoms with Gasteiger partial charge in [0.05, 0.1) is 11.3 Å². The third-order valence-electron chi connectivity index (χ3n) is 3.17. The Morgan fingerprint density at radius 1 is 1.24 bits per heavy atom. The largest absolute Gasteiger partial charge is 0.480 e. The van der Waals surface area contributed by atoms with E-state index in [0.717, 1.165) is 6.26 Å². The molecule has 8 heteroatoms. The van der Waals surface area contributed by atoms with E-state index in [4.69, 9.17) is 9.52 Å². The van der Waals surface area contributed by atoms with E-state index in [0.29, 0.717) is 17.1 Å². The van der Waals surface area contributed by atoms with E-state index in [9.17, 15) is 18.0 Å². The van der Waals surface area contributed by atoms with Crippen molar-refractivity contribution in [2.75, 3.05) is 12.0 Å². The lowest BCUT2D eigenvalue weighted by molar-refractivity contribution is -0.139. The maximum Gasteiger partial charge on any atom is 0.326 e. The van der Waals surface area contributed by atoms with Crippen LogP contribution in [0.3, 0.4) is 0 Å². The molecule has 0 bridgehead atoms. The summed E-state index contributed by atoms with van der Waals surface area (Å²) in [6, 6.07) is -1.26. The number of carbonyl (C=O) groups is 2. The molecule has 1 atom stereocenters. The molecule has 1 unspecified atom stereocenters. The second kappa shape index (κ2) is 6.30. The Morgan fingerprint density at radius 3 is 2.19 bits per heavy atom. The minimum Gasteiger partial charge on any atom is -0.480 e. The van der Waals surface area contributed by atoms with Crippen LogP contribution >= 0.6 is 0 Å². The second-order valence-corrected chi connectivity index (χ2v) is 7.26. The van der Waals surface area contributed by atoms with Crippen molar-refractivity contribution in [2.24, 2.45) is 0 Å². The van der Waals surface area contributed by atoms with Gasteiger partial charge in [0, 0.05) is 11.8 Å². The SMILES string of the molecule is Cc1oc(C)c(C(=O)NC(CCS(C)(=O)=O)C(=O)O)c1C. The van der Waals surface area contributed by atoms with Crippen molar-refractivity contribution >= 4 is 21.7 Å². The van der Waals surface area contributed by atoms with Crippen LogP contribution in [-0.4, -0.2) is 43.5 Å². The van der Waals surface area contributed by atoms with Crippen LogP contribution in [0.2, 0.25) is 0 Å². The number of sulfone groups is 1. The van der Waals surface area contributed by atoms with Crippen molar-refractivity contribution in [3.05, 3.63) is 22.6 Å². The first-order valence-corrected chi connectivity index (χ1v) is 8.37. The van der Waals surface area contributed by atoms with Gasteiger partial charge in [0.25, 0.3) is 5.91 Å². The van der Waals surface area contributed by atoms with E-state index in [1.165, 1.54) is 0 Å². The number of furan rings is 1. The molecule has 0 saturated heterocycles. The molecule has 1 amide bonds. The lowest BCUT2D eigenvalue weighted by Crippen LogP contribution is -2.42. The Balaban J connectivity index is 2.89. The first-order valence-electron chi connectivity index (χ1n) is 6.31. The quantitative estimate of drug-likeness (QED) is 0.803. The minimum absolute atomic E-state index is 0.186. The van der Waals surface area contributed by atoms with Crippen LogP contribution in [0.25, 0.3) is 0 Å². The van der Waals surface area contributed by atoms with Gasteiger partial charge in [-0.3, -0.25) is 4.79 Å². The number of carbonyl (C=O) groups excluding carboxylic acids is 1. The summed E-state index contributed by atoms with van der Waals surface area (Å²) >= 11 is 0. The third kappa shape index (κ3) is 4.59. The van der Waals surface area contributed by atoms with E-state index in [1.54, 1.807) is 20.8 Å². The fourth-order valence-electron chi connectivity index (χ4n) is 1.95. The fourth-order valence-corrected chi connectivity index (χ4v) is 2.61. The topological polar surface area (TPSA) is 114 Å². The molecular formula is C13H19NO6S. The Kier molecular flexibility index (Phi) is 5.16. The summed E-state index contributed by atoms with van der Waals surface area (Å²) in [6.45, 7) is 5.02. The van der Waals surface area contributed by atoms with E-state index in [1.807, 2.05) is 0 Å². The van der Waals surface area contributed by atoms with Gasteiger partial charge in [-0.25, -0.2) is 13.2 Å². The fraction of sp³-hybridized carbons (Fsp3) is 0.538. The van der Waals surface area contributed by atoms with Crippen molar-refractivity contribution in [3.8, 4) is 0 Å². The highest BCUT2D eigenvalue weighted by Crippen LogP contribution is 2.20. The number of rotatable bonds is 6. The number of carboxylic acids is 1. The van der Waals surface area contributed by atoms with Crippen molar-refractivity contribution in [1.29, 1.82) is 0 Å². The normalized spacial score (nSPS) is 13.0. The molecule has 0 radical (unpaired) electrons. The summed E-state index contributed by atoms with van der Waals surface area (Å²) in [6.07, 6.45) is 0.830. The van der Waals surface area contributed by atoms with Crippen LogP contribution in [0.15, 0.2) is 4.42 Å². The highest BCUT2D eigenvalue weighted by atomic mass is 32.2. The predicted octanol–water partition coefficient (Wildman–Crippen LogP) is 0.823. The van der Waals surface area contributed by atoms with Crippen LogP contribution < -0.4 is 5.32 Å². The van der Waals surface area contributed by atoms with Gasteiger partial charge in [0.2, 0.25) is 0 Å². The van der Waals surface area contributed by atoms with Crippen molar-refractivity contribution in [3.63, 3.8) is 0 Å². The minimum atomic E-state index is -3.30. The summed E-state index contributed by atoms with van der Waals surface area (Å²) in [5.74, 6) is -1.19. The molecular weight excluding hydrogens is 298 g/mol. The molecule has 7 nitrogen and oxygen atoms in total. The van der Waals surface area contributed by atoms with E-state index >= 15 is 0 Å². The highest BCUT2D eigenvalue weighted by Gasteiger charge is 2.25. The molecule has 0 aromatic carbocycles. The summed E-state index contributed by atoms with van der Waals surface area (Å²) in [5.41, 5.74) is 0.926. The van der Waals surface area contributed by atoms with Crippen LogP contribution in [0.5, 0.6) is 0 Å². The number of hydrogen-bond acceptors (Lipinski definition) is 5. The van der Waals surface area contributed by atoms with Crippen LogP contribution in [0.4, 0.5) is 0 Å². The van der Waals surface area contributed by atoms with Crippen molar-refractivity contribution < 1.29 is 27.5 Å². The van der Waals surface area contributed by atoms with Gasteiger partial charge in [-0.1, -0.05) is 0 Å². The van der Waals surface area contributed by atoms with Crippen LogP contribution in [0, 0.1) is 20.8 Å². The lowest BCUT2D eigenvalue weighted by Gasteiger charge is -2.14. The molecule has 1 aromatic heterocycles. The maximum atomic E-state index is 12.2. The number of nitrogens with one attached hydrogen (secondary N) is 1. The van der Waals surface area contributed by atoms with Gasteiger partial charge >= 0.3 is 5.97 Å². The Hall–Kier alpha value is -1.83. The molecule has 1 aromatic rings. The van der Waals surface area contributed by atoms with Crippen molar-refractivity contribution in [1.82, 2.24) is 5.32 Å². The smallest absolute Gasteiger partial charge is 0.326 e. The predicted molar refractivity (Wildman–Crippen MR) is 76.1 cm³/mol. The molecule has 0 aliphatic rings. The van der Waals surface area contributed by atoms with Gasteiger partial charge in [-0.05, 0) is 27.2 Å². The highest BCUT2D eigenvalue weighted by molar-refractivity contribution is 7.90. The Morgan fingerprint density at radius 2 is 1.81 bits per heavy atom. The average Bonchev–Trinajstić information content (AvgIpc) is 2.57. The number of carboxylic acid groups (broad SMARTS) is 1. The summed E-state index contributed by atoms with van der Waals surface area (Å²) in [7, 11) is -3.30. The van der Waals surface area contributed by atoms with Gasteiger partial charge in [0.1, 0.15) is 27.4 Å². The zero-order valence-corrected chi connectivity index (χ0v) is 13.2. The maximum absolute atomic E-state index is 12.2. The third-order valence-corrected chi connectivity index (χ3v) is 4.15. The van der Waals surface area contributed by atoms with E-state index < -0.39 is 27.8 Å².